The van der Waals surface area contributed by atoms with Crippen LogP contribution in [0.1, 0.15) is 24.3 Å². The summed E-state index contributed by atoms with van der Waals surface area (Å²) in [4.78, 5) is 48.8. The number of hydrogen-bond donors (Lipinski definition) is 2. The number of methoxy groups -OCH3 is 1. The molecule has 0 unspecified atom stereocenters. The van der Waals surface area contributed by atoms with Crippen molar-refractivity contribution in [2.24, 2.45) is 0 Å². The van der Waals surface area contributed by atoms with E-state index in [-0.39, 0.29) is 23.6 Å². The Hall–Kier alpha value is -3.96. The maximum atomic E-state index is 13.2. The van der Waals surface area contributed by atoms with Gasteiger partial charge < -0.3 is 29.6 Å². The molecule has 2 atom stereocenters. The number of pyridine rings is 1. The van der Waals surface area contributed by atoms with Crippen molar-refractivity contribution in [2.75, 3.05) is 38.7 Å². The first-order valence-corrected chi connectivity index (χ1v) is 10.5. The van der Waals surface area contributed by atoms with E-state index in [0.29, 0.717) is 36.8 Å². The SMILES string of the molecule is CNC(=O)c1cc(OC)c(O[C@@H](C)C(=O)N2CCN(c3ncnc4nc[nH]c34)C[C@H]2C)cn1. The number of fused-ring (bicyclic) bond motifs is 1. The minimum Gasteiger partial charge on any atom is -0.493 e. The maximum absolute atomic E-state index is 13.2. The predicted octanol–water partition coefficient (Wildman–Crippen LogP) is 0.621. The smallest absolute Gasteiger partial charge is 0.269 e. The quantitative estimate of drug-likeness (QED) is 0.549. The molecule has 4 heterocycles. The first-order chi connectivity index (χ1) is 15.9. The van der Waals surface area contributed by atoms with Crippen LogP contribution in [0.4, 0.5) is 5.82 Å². The fourth-order valence-corrected chi connectivity index (χ4v) is 3.87. The summed E-state index contributed by atoms with van der Waals surface area (Å²) in [5.74, 6) is 0.904. The van der Waals surface area contributed by atoms with Gasteiger partial charge in [0, 0.05) is 38.8 Å². The van der Waals surface area contributed by atoms with Gasteiger partial charge in [-0.1, -0.05) is 0 Å². The number of carbonyl (C=O) groups excluding carboxylic acids is 2. The molecule has 0 saturated carbocycles. The molecule has 0 spiro atoms. The lowest BCUT2D eigenvalue weighted by atomic mass is 10.1. The normalized spacial score (nSPS) is 17.0. The molecule has 33 heavy (non-hydrogen) atoms. The van der Waals surface area contributed by atoms with Crippen LogP contribution in [-0.4, -0.2) is 87.6 Å². The van der Waals surface area contributed by atoms with Crippen LogP contribution in [-0.2, 0) is 4.79 Å². The van der Waals surface area contributed by atoms with E-state index >= 15 is 0 Å². The number of anilines is 1. The number of rotatable bonds is 6. The fourth-order valence-electron chi connectivity index (χ4n) is 3.87. The van der Waals surface area contributed by atoms with Gasteiger partial charge in [-0.3, -0.25) is 9.59 Å². The van der Waals surface area contributed by atoms with Crippen molar-refractivity contribution in [3.05, 3.63) is 30.6 Å². The van der Waals surface area contributed by atoms with Crippen molar-refractivity contribution in [3.8, 4) is 11.5 Å². The summed E-state index contributed by atoms with van der Waals surface area (Å²) in [5, 5.41) is 2.51. The number of hydrogen-bond acceptors (Lipinski definition) is 9. The number of piperazine rings is 1. The largest absolute Gasteiger partial charge is 0.493 e. The average Bonchev–Trinajstić information content (AvgIpc) is 3.32. The highest BCUT2D eigenvalue weighted by atomic mass is 16.5. The molecule has 1 saturated heterocycles. The van der Waals surface area contributed by atoms with Crippen molar-refractivity contribution in [1.29, 1.82) is 0 Å². The van der Waals surface area contributed by atoms with Gasteiger partial charge >= 0.3 is 0 Å². The molecule has 3 aromatic rings. The summed E-state index contributed by atoms with van der Waals surface area (Å²) in [6.45, 7) is 5.40. The second-order valence-corrected chi connectivity index (χ2v) is 7.68. The van der Waals surface area contributed by atoms with E-state index in [1.807, 2.05) is 6.92 Å². The second-order valence-electron chi connectivity index (χ2n) is 7.68. The van der Waals surface area contributed by atoms with Gasteiger partial charge in [-0.25, -0.2) is 19.9 Å². The molecular formula is C21H26N8O4. The molecule has 0 aliphatic carbocycles. The Morgan fingerprint density at radius 3 is 2.76 bits per heavy atom. The molecule has 2 N–H and O–H groups in total. The molecule has 1 aliphatic rings. The Labute approximate surface area is 190 Å². The molecule has 0 radical (unpaired) electrons. The molecule has 174 valence electrons. The van der Waals surface area contributed by atoms with Crippen LogP contribution in [0.25, 0.3) is 11.2 Å². The number of carbonyl (C=O) groups is 2. The van der Waals surface area contributed by atoms with E-state index in [1.54, 1.807) is 18.2 Å². The third-order valence-corrected chi connectivity index (χ3v) is 5.58. The summed E-state index contributed by atoms with van der Waals surface area (Å²) in [7, 11) is 2.98. The van der Waals surface area contributed by atoms with Crippen LogP contribution < -0.4 is 19.7 Å². The van der Waals surface area contributed by atoms with E-state index in [2.05, 4.69) is 35.1 Å². The summed E-state index contributed by atoms with van der Waals surface area (Å²) in [6.07, 6.45) is 3.71. The molecule has 2 amide bonds. The van der Waals surface area contributed by atoms with E-state index < -0.39 is 6.10 Å². The van der Waals surface area contributed by atoms with Crippen LogP contribution in [0.15, 0.2) is 24.9 Å². The summed E-state index contributed by atoms with van der Waals surface area (Å²) < 4.78 is 11.2. The zero-order chi connectivity index (χ0) is 23.5. The zero-order valence-electron chi connectivity index (χ0n) is 18.9. The number of nitrogens with zero attached hydrogens (tertiary/aromatic N) is 6. The molecular weight excluding hydrogens is 428 g/mol. The molecule has 0 aromatic carbocycles. The Morgan fingerprint density at radius 1 is 1.21 bits per heavy atom. The molecule has 0 bridgehead atoms. The highest BCUT2D eigenvalue weighted by Crippen LogP contribution is 2.28. The zero-order valence-corrected chi connectivity index (χ0v) is 18.9. The van der Waals surface area contributed by atoms with Gasteiger partial charge in [-0.05, 0) is 13.8 Å². The lowest BCUT2D eigenvalue weighted by Crippen LogP contribution is -2.56. The minimum absolute atomic E-state index is 0.0686. The number of nitrogens with one attached hydrogen (secondary N) is 2. The van der Waals surface area contributed by atoms with Crippen LogP contribution in [0.3, 0.4) is 0 Å². The second kappa shape index (κ2) is 9.27. The summed E-state index contributed by atoms with van der Waals surface area (Å²) >= 11 is 0. The summed E-state index contributed by atoms with van der Waals surface area (Å²) in [6, 6.07) is 1.41. The Morgan fingerprint density at radius 2 is 2.03 bits per heavy atom. The lowest BCUT2D eigenvalue weighted by Gasteiger charge is -2.41. The fraction of sp³-hybridized carbons (Fsp3) is 0.429. The Kier molecular flexibility index (Phi) is 6.24. The lowest BCUT2D eigenvalue weighted by molar-refractivity contribution is -0.140. The van der Waals surface area contributed by atoms with Gasteiger partial charge in [0.1, 0.15) is 17.5 Å². The summed E-state index contributed by atoms with van der Waals surface area (Å²) in [5.41, 5.74) is 1.58. The van der Waals surface area contributed by atoms with Crippen LogP contribution in [0, 0.1) is 0 Å². The third-order valence-electron chi connectivity index (χ3n) is 5.58. The monoisotopic (exact) mass is 454 g/mol. The molecule has 1 aliphatic heterocycles. The van der Waals surface area contributed by atoms with Gasteiger partial charge in [0.2, 0.25) is 0 Å². The van der Waals surface area contributed by atoms with Gasteiger partial charge in [-0.2, -0.15) is 0 Å². The van der Waals surface area contributed by atoms with Crippen LogP contribution in [0.2, 0.25) is 0 Å². The van der Waals surface area contributed by atoms with E-state index in [0.717, 1.165) is 11.3 Å². The van der Waals surface area contributed by atoms with Crippen molar-refractivity contribution < 1.29 is 19.1 Å². The first-order valence-electron chi connectivity index (χ1n) is 10.5. The van der Waals surface area contributed by atoms with E-state index in [1.165, 1.54) is 32.7 Å². The maximum Gasteiger partial charge on any atom is 0.269 e. The predicted molar refractivity (Wildman–Crippen MR) is 119 cm³/mol. The van der Waals surface area contributed by atoms with Crippen molar-refractivity contribution >= 4 is 28.8 Å². The third kappa shape index (κ3) is 4.36. The Bertz CT molecular complexity index is 1170. The van der Waals surface area contributed by atoms with Crippen molar-refractivity contribution in [2.45, 2.75) is 26.0 Å². The van der Waals surface area contributed by atoms with Gasteiger partial charge in [0.25, 0.3) is 11.8 Å². The van der Waals surface area contributed by atoms with Gasteiger partial charge in [0.05, 0.1) is 19.6 Å². The Balaban J connectivity index is 1.43. The van der Waals surface area contributed by atoms with Crippen molar-refractivity contribution in [1.82, 2.24) is 35.1 Å². The van der Waals surface area contributed by atoms with E-state index in [4.69, 9.17) is 9.47 Å². The standard InChI is InChI=1S/C21H26N8O4/c1-12-9-28(19-17-18(25-10-24-17)26-11-27-19)5-6-29(12)21(31)13(2)33-16-8-23-14(20(30)22-3)7-15(16)32-4/h7-8,10-13H,5-6,9H2,1-4H3,(H,22,30)(H,24,25,26,27)/t12-,13+/m1/s1. The number of aromatic amines is 1. The number of aromatic nitrogens is 5. The van der Waals surface area contributed by atoms with Crippen LogP contribution in [0.5, 0.6) is 11.5 Å². The molecule has 12 nitrogen and oxygen atoms in total. The molecule has 4 rings (SSSR count). The van der Waals surface area contributed by atoms with Gasteiger partial charge in [-0.15, -0.1) is 0 Å². The number of imidazole rings is 1. The molecule has 3 aromatic heterocycles. The van der Waals surface area contributed by atoms with Crippen LogP contribution >= 0.6 is 0 Å². The van der Waals surface area contributed by atoms with E-state index in [9.17, 15) is 9.59 Å². The highest BCUT2D eigenvalue weighted by Gasteiger charge is 2.32. The highest BCUT2D eigenvalue weighted by molar-refractivity contribution is 5.92. The van der Waals surface area contributed by atoms with Crippen molar-refractivity contribution in [3.63, 3.8) is 0 Å². The number of amides is 2. The number of H-pyrrole nitrogens is 1. The topological polar surface area (TPSA) is 138 Å². The number of ether oxygens (including phenoxy) is 2. The average molecular weight is 454 g/mol. The minimum atomic E-state index is -0.765. The molecule has 12 heteroatoms. The molecule has 1 fully saturated rings. The first kappa shape index (κ1) is 22.2. The van der Waals surface area contributed by atoms with Gasteiger partial charge in [0.15, 0.2) is 29.1 Å².